The summed E-state index contributed by atoms with van der Waals surface area (Å²) in [5.74, 6) is 1.11. The normalized spacial score (nSPS) is 19.6. The monoisotopic (exact) mass is 504 g/mol. The van der Waals surface area contributed by atoms with E-state index in [0.29, 0.717) is 55.9 Å². The number of urea groups is 1. The maximum atomic E-state index is 12.6. The maximum absolute atomic E-state index is 12.6. The SMILES string of the molecule is C[C@H]1COCCN1c1cc(CS(C)(O)O)nc(-c2ccc(NC(=O)N3CCN(C)C(=O)C3)cc2)n1. The fourth-order valence-electron chi connectivity index (χ4n) is 4.02. The molecule has 4 rings (SSSR count). The van der Waals surface area contributed by atoms with Crippen molar-refractivity contribution in [2.75, 3.05) is 62.9 Å². The maximum Gasteiger partial charge on any atom is 0.322 e. The first-order valence-corrected chi connectivity index (χ1v) is 13.5. The lowest BCUT2D eigenvalue weighted by Crippen LogP contribution is -2.51. The predicted octanol–water partition coefficient (Wildman–Crippen LogP) is 2.56. The molecular formula is C23H32N6O5S. The van der Waals surface area contributed by atoms with Crippen LogP contribution in [0.25, 0.3) is 11.4 Å². The number of hydrogen-bond donors (Lipinski definition) is 3. The molecule has 1 aromatic heterocycles. The van der Waals surface area contributed by atoms with Gasteiger partial charge in [0.15, 0.2) is 5.82 Å². The van der Waals surface area contributed by atoms with Gasteiger partial charge in [-0.05, 0) is 31.2 Å². The summed E-state index contributed by atoms with van der Waals surface area (Å²) >= 11 is 0. The van der Waals surface area contributed by atoms with Gasteiger partial charge in [0.25, 0.3) is 0 Å². The number of anilines is 2. The highest BCUT2D eigenvalue weighted by atomic mass is 32.3. The summed E-state index contributed by atoms with van der Waals surface area (Å²) in [6.07, 6.45) is 1.40. The Bertz CT molecular complexity index is 1080. The number of likely N-dealkylation sites (N-methyl/N-ethyl adjacent to an activating group) is 1. The van der Waals surface area contributed by atoms with Crippen molar-refractivity contribution in [3.05, 3.63) is 36.0 Å². The Morgan fingerprint density at radius 3 is 2.60 bits per heavy atom. The summed E-state index contributed by atoms with van der Waals surface area (Å²) in [6.45, 7) is 4.96. The summed E-state index contributed by atoms with van der Waals surface area (Å²) in [7, 11) is -1.06. The number of nitrogens with zero attached hydrogens (tertiary/aromatic N) is 5. The van der Waals surface area contributed by atoms with Crippen molar-refractivity contribution < 1.29 is 23.4 Å². The van der Waals surface area contributed by atoms with E-state index in [-0.39, 0.29) is 30.3 Å². The zero-order valence-electron chi connectivity index (χ0n) is 20.2. The van der Waals surface area contributed by atoms with E-state index in [9.17, 15) is 18.7 Å². The highest BCUT2D eigenvalue weighted by molar-refractivity contribution is 8.23. The van der Waals surface area contributed by atoms with E-state index in [1.165, 1.54) is 11.2 Å². The molecule has 0 aliphatic carbocycles. The number of carbonyl (C=O) groups is 2. The first kappa shape index (κ1) is 25.2. The van der Waals surface area contributed by atoms with Gasteiger partial charge < -0.3 is 24.8 Å². The lowest BCUT2D eigenvalue weighted by atomic mass is 10.2. The molecule has 0 spiro atoms. The van der Waals surface area contributed by atoms with Crippen LogP contribution in [-0.4, -0.2) is 99.5 Å². The molecule has 190 valence electrons. The van der Waals surface area contributed by atoms with E-state index in [1.54, 1.807) is 42.3 Å². The summed E-state index contributed by atoms with van der Waals surface area (Å²) < 4.78 is 25.6. The van der Waals surface area contributed by atoms with Crippen LogP contribution in [-0.2, 0) is 15.3 Å². The van der Waals surface area contributed by atoms with Crippen LogP contribution >= 0.6 is 10.6 Å². The number of hydrogen-bond acceptors (Lipinski definition) is 8. The molecule has 11 nitrogen and oxygen atoms in total. The van der Waals surface area contributed by atoms with Gasteiger partial charge in [0, 0.05) is 50.3 Å². The molecule has 0 bridgehead atoms. The van der Waals surface area contributed by atoms with E-state index >= 15 is 0 Å². The number of rotatable bonds is 5. The van der Waals surface area contributed by atoms with Gasteiger partial charge in [-0.25, -0.2) is 14.8 Å². The first-order chi connectivity index (χ1) is 16.6. The molecular weight excluding hydrogens is 472 g/mol. The van der Waals surface area contributed by atoms with E-state index in [4.69, 9.17) is 9.72 Å². The highest BCUT2D eigenvalue weighted by Gasteiger charge is 2.25. The van der Waals surface area contributed by atoms with Crippen molar-refractivity contribution in [3.8, 4) is 11.4 Å². The molecule has 2 aromatic rings. The largest absolute Gasteiger partial charge is 0.377 e. The minimum absolute atomic E-state index is 0.0339. The van der Waals surface area contributed by atoms with Crippen LogP contribution in [0.4, 0.5) is 16.3 Å². The average molecular weight is 505 g/mol. The number of carbonyl (C=O) groups excluding carboxylic acids is 2. The Balaban J connectivity index is 1.54. The van der Waals surface area contributed by atoms with Gasteiger partial charge in [-0.1, -0.05) is 0 Å². The third-order valence-corrected chi connectivity index (χ3v) is 6.83. The third-order valence-electron chi connectivity index (χ3n) is 5.99. The highest BCUT2D eigenvalue weighted by Crippen LogP contribution is 2.38. The van der Waals surface area contributed by atoms with Crippen LogP contribution < -0.4 is 10.2 Å². The molecule has 3 N–H and O–H groups in total. The second kappa shape index (κ2) is 10.4. The Hall–Kier alpha value is -2.93. The second-order valence-electron chi connectivity index (χ2n) is 9.04. The molecule has 2 fully saturated rings. The molecule has 3 amide bonds. The zero-order chi connectivity index (χ0) is 25.2. The fraction of sp³-hybridized carbons (Fsp3) is 0.478. The van der Waals surface area contributed by atoms with Gasteiger partial charge >= 0.3 is 6.03 Å². The summed E-state index contributed by atoms with van der Waals surface area (Å²) in [6, 6.07) is 8.72. The third kappa shape index (κ3) is 6.40. The van der Waals surface area contributed by atoms with Crippen LogP contribution in [0.3, 0.4) is 0 Å². The minimum Gasteiger partial charge on any atom is -0.377 e. The number of piperazine rings is 1. The quantitative estimate of drug-likeness (QED) is 0.566. The average Bonchev–Trinajstić information content (AvgIpc) is 2.80. The van der Waals surface area contributed by atoms with Crippen molar-refractivity contribution in [1.29, 1.82) is 0 Å². The predicted molar refractivity (Wildman–Crippen MR) is 136 cm³/mol. The minimum atomic E-state index is -2.79. The number of amides is 3. The second-order valence-corrected chi connectivity index (χ2v) is 11.3. The number of morpholine rings is 1. The number of ether oxygens (including phenoxy) is 1. The molecule has 2 saturated heterocycles. The molecule has 0 unspecified atom stereocenters. The van der Waals surface area contributed by atoms with E-state index < -0.39 is 10.6 Å². The van der Waals surface area contributed by atoms with Gasteiger partial charge in [-0.15, -0.1) is 0 Å². The number of benzene rings is 1. The lowest BCUT2D eigenvalue weighted by molar-refractivity contribution is -0.133. The molecule has 1 aromatic carbocycles. The van der Waals surface area contributed by atoms with Gasteiger partial charge in [0.2, 0.25) is 5.91 Å². The Morgan fingerprint density at radius 1 is 1.20 bits per heavy atom. The molecule has 1 atom stereocenters. The molecule has 35 heavy (non-hydrogen) atoms. The summed E-state index contributed by atoms with van der Waals surface area (Å²) in [5.41, 5.74) is 1.86. The van der Waals surface area contributed by atoms with Gasteiger partial charge in [0.1, 0.15) is 12.4 Å². The number of aromatic nitrogens is 2. The van der Waals surface area contributed by atoms with Crippen LogP contribution in [0.15, 0.2) is 30.3 Å². The van der Waals surface area contributed by atoms with Crippen LogP contribution in [0.2, 0.25) is 0 Å². The first-order valence-electron chi connectivity index (χ1n) is 11.4. The van der Waals surface area contributed by atoms with Gasteiger partial charge in [0.05, 0.1) is 30.7 Å². The van der Waals surface area contributed by atoms with Crippen molar-refractivity contribution in [2.24, 2.45) is 0 Å². The molecule has 3 heterocycles. The van der Waals surface area contributed by atoms with Crippen molar-refractivity contribution in [3.63, 3.8) is 0 Å². The fourth-order valence-corrected chi connectivity index (χ4v) is 4.73. The Kier molecular flexibility index (Phi) is 7.45. The topological polar surface area (TPSA) is 131 Å². The van der Waals surface area contributed by atoms with E-state index in [1.807, 2.05) is 0 Å². The Labute approximate surface area is 206 Å². The summed E-state index contributed by atoms with van der Waals surface area (Å²) in [4.78, 5) is 39.0. The van der Waals surface area contributed by atoms with Gasteiger partial charge in [-0.3, -0.25) is 13.9 Å². The Morgan fingerprint density at radius 2 is 1.94 bits per heavy atom. The van der Waals surface area contributed by atoms with Crippen LogP contribution in [0, 0.1) is 0 Å². The smallest absolute Gasteiger partial charge is 0.322 e. The lowest BCUT2D eigenvalue weighted by Gasteiger charge is -2.35. The van der Waals surface area contributed by atoms with E-state index in [2.05, 4.69) is 22.1 Å². The molecule has 12 heteroatoms. The van der Waals surface area contributed by atoms with Gasteiger partial charge in [-0.2, -0.15) is 10.6 Å². The van der Waals surface area contributed by atoms with Crippen LogP contribution in [0.5, 0.6) is 0 Å². The molecule has 0 saturated carbocycles. The number of nitrogens with one attached hydrogen (secondary N) is 1. The van der Waals surface area contributed by atoms with Crippen LogP contribution in [0.1, 0.15) is 12.6 Å². The molecule has 0 radical (unpaired) electrons. The molecule has 2 aliphatic heterocycles. The standard InChI is InChI=1S/C23H32N6O5S/c1-16-14-34-11-10-29(16)20-12-19(15-35(3,32)33)24-22(26-20)17-4-6-18(7-5-17)25-23(31)28-9-8-27(2)21(30)13-28/h4-7,12,16,32-33H,8-11,13-15H2,1-3H3,(H,25,31)/t16-/m0/s1. The van der Waals surface area contributed by atoms with Crippen molar-refractivity contribution >= 4 is 34.0 Å². The summed E-state index contributed by atoms with van der Waals surface area (Å²) in [5, 5.41) is 2.83. The molecule has 2 aliphatic rings. The van der Waals surface area contributed by atoms with E-state index in [0.717, 1.165) is 5.56 Å². The zero-order valence-corrected chi connectivity index (χ0v) is 21.0. The van der Waals surface area contributed by atoms with Crippen molar-refractivity contribution in [2.45, 2.75) is 18.7 Å². The van der Waals surface area contributed by atoms with Crippen molar-refractivity contribution in [1.82, 2.24) is 19.8 Å².